The molecule has 0 saturated carbocycles. The number of hydrogen-bond acceptors (Lipinski definition) is 4. The molecular formula is C24H27N2O3+. The summed E-state index contributed by atoms with van der Waals surface area (Å²) in [7, 11) is 0. The van der Waals surface area contributed by atoms with Gasteiger partial charge in [-0.15, -0.1) is 0 Å². The monoisotopic (exact) mass is 391 g/mol. The first kappa shape index (κ1) is 19.3. The number of anilines is 1. The van der Waals surface area contributed by atoms with E-state index in [1.165, 1.54) is 22.4 Å². The fourth-order valence-electron chi connectivity index (χ4n) is 3.74. The zero-order valence-corrected chi connectivity index (χ0v) is 16.8. The summed E-state index contributed by atoms with van der Waals surface area (Å²) < 4.78 is 11.4. The van der Waals surface area contributed by atoms with Gasteiger partial charge < -0.3 is 19.0 Å². The summed E-state index contributed by atoms with van der Waals surface area (Å²) in [5, 5.41) is 0. The van der Waals surface area contributed by atoms with Gasteiger partial charge in [-0.25, -0.2) is 0 Å². The minimum atomic E-state index is -0.124. The lowest BCUT2D eigenvalue weighted by molar-refractivity contribution is -0.915. The zero-order valence-electron chi connectivity index (χ0n) is 16.8. The summed E-state index contributed by atoms with van der Waals surface area (Å²) >= 11 is 0. The van der Waals surface area contributed by atoms with Gasteiger partial charge in [0.1, 0.15) is 19.4 Å². The molecule has 4 rings (SSSR count). The Labute approximate surface area is 171 Å². The van der Waals surface area contributed by atoms with Crippen molar-refractivity contribution in [3.8, 4) is 5.75 Å². The molecule has 0 bridgehead atoms. The molecule has 0 amide bonds. The third-order valence-electron chi connectivity index (χ3n) is 5.35. The normalized spacial score (nSPS) is 14.7. The quantitative estimate of drug-likeness (QED) is 0.701. The van der Waals surface area contributed by atoms with E-state index in [2.05, 4.69) is 35.2 Å². The molecule has 150 valence electrons. The van der Waals surface area contributed by atoms with E-state index in [4.69, 9.17) is 9.15 Å². The van der Waals surface area contributed by atoms with Gasteiger partial charge in [0.15, 0.2) is 5.76 Å². The average Bonchev–Trinajstić information content (AvgIpc) is 2.74. The van der Waals surface area contributed by atoms with Crippen LogP contribution in [0.5, 0.6) is 5.75 Å². The van der Waals surface area contributed by atoms with Crippen LogP contribution in [0.2, 0.25) is 0 Å². The van der Waals surface area contributed by atoms with Crippen molar-refractivity contribution in [3.63, 3.8) is 0 Å². The minimum Gasteiger partial charge on any atom is -0.482 e. The highest BCUT2D eigenvalue weighted by Gasteiger charge is 2.21. The van der Waals surface area contributed by atoms with Crippen molar-refractivity contribution in [1.82, 2.24) is 0 Å². The zero-order chi connectivity index (χ0) is 20.1. The molecule has 0 atom stereocenters. The molecule has 5 nitrogen and oxygen atoms in total. The topological polar surface area (TPSA) is 47.1 Å². The maximum atomic E-state index is 12.4. The SMILES string of the molecule is Cc1cccc(COc2coc(C[NH+]3CCN(c4ccccc4)CC3)cc2=O)c1. The Morgan fingerprint density at radius 2 is 1.83 bits per heavy atom. The standard InChI is InChI=1S/C24H26N2O3/c1-19-6-5-7-20(14-19)17-29-24-18-28-22(15-23(24)27)16-25-10-12-26(13-11-25)21-8-3-2-4-9-21/h2-9,14-15,18H,10-13,16-17H2,1H3/p+1. The third kappa shape index (κ3) is 5.06. The van der Waals surface area contributed by atoms with Crippen LogP contribution in [0.4, 0.5) is 5.69 Å². The van der Waals surface area contributed by atoms with Crippen LogP contribution in [-0.4, -0.2) is 26.2 Å². The summed E-state index contributed by atoms with van der Waals surface area (Å²) in [4.78, 5) is 16.2. The van der Waals surface area contributed by atoms with Crippen LogP contribution < -0.4 is 20.0 Å². The van der Waals surface area contributed by atoms with Gasteiger partial charge in [0, 0.05) is 11.8 Å². The van der Waals surface area contributed by atoms with Gasteiger partial charge in [0.2, 0.25) is 11.2 Å². The lowest BCUT2D eigenvalue weighted by Crippen LogP contribution is -3.13. The molecule has 29 heavy (non-hydrogen) atoms. The molecule has 0 unspecified atom stereocenters. The van der Waals surface area contributed by atoms with Gasteiger partial charge in [-0.05, 0) is 24.6 Å². The fourth-order valence-corrected chi connectivity index (χ4v) is 3.74. The van der Waals surface area contributed by atoms with E-state index in [9.17, 15) is 4.79 Å². The average molecular weight is 391 g/mol. The second-order valence-electron chi connectivity index (χ2n) is 7.60. The van der Waals surface area contributed by atoms with Crippen LogP contribution >= 0.6 is 0 Å². The Bertz CT molecular complexity index is 992. The number of hydrogen-bond donors (Lipinski definition) is 1. The van der Waals surface area contributed by atoms with Crippen molar-refractivity contribution in [3.05, 3.63) is 94.0 Å². The van der Waals surface area contributed by atoms with Gasteiger partial charge >= 0.3 is 0 Å². The van der Waals surface area contributed by atoms with E-state index in [1.54, 1.807) is 6.07 Å². The van der Waals surface area contributed by atoms with Crippen LogP contribution in [0.1, 0.15) is 16.9 Å². The van der Waals surface area contributed by atoms with Crippen molar-refractivity contribution >= 4 is 5.69 Å². The van der Waals surface area contributed by atoms with Gasteiger partial charge in [0.25, 0.3) is 0 Å². The Morgan fingerprint density at radius 1 is 1.03 bits per heavy atom. The number of quaternary nitrogens is 1. The van der Waals surface area contributed by atoms with Crippen molar-refractivity contribution in [2.24, 2.45) is 0 Å². The maximum Gasteiger partial charge on any atom is 0.227 e. The highest BCUT2D eigenvalue weighted by atomic mass is 16.5. The van der Waals surface area contributed by atoms with Crippen LogP contribution in [0, 0.1) is 6.92 Å². The molecule has 0 spiro atoms. The molecule has 3 aromatic rings. The van der Waals surface area contributed by atoms with Crippen LogP contribution in [-0.2, 0) is 13.2 Å². The van der Waals surface area contributed by atoms with Crippen LogP contribution in [0.25, 0.3) is 0 Å². The summed E-state index contributed by atoms with van der Waals surface area (Å²) in [6, 6.07) is 20.1. The van der Waals surface area contributed by atoms with Crippen molar-refractivity contribution in [1.29, 1.82) is 0 Å². The molecule has 5 heteroatoms. The molecule has 0 aliphatic carbocycles. The lowest BCUT2D eigenvalue weighted by atomic mass is 10.1. The van der Waals surface area contributed by atoms with E-state index in [1.807, 2.05) is 31.2 Å². The van der Waals surface area contributed by atoms with E-state index in [-0.39, 0.29) is 11.2 Å². The Morgan fingerprint density at radius 3 is 2.55 bits per heavy atom. The molecule has 1 aromatic heterocycles. The van der Waals surface area contributed by atoms with E-state index in [0.717, 1.165) is 38.3 Å². The molecule has 1 saturated heterocycles. The lowest BCUT2D eigenvalue weighted by Gasteiger charge is -2.33. The summed E-state index contributed by atoms with van der Waals surface area (Å²) in [6.07, 6.45) is 1.45. The smallest absolute Gasteiger partial charge is 0.227 e. The number of para-hydroxylation sites is 1. The fraction of sp³-hybridized carbons (Fsp3) is 0.292. The molecular weight excluding hydrogens is 364 g/mol. The minimum absolute atomic E-state index is 0.124. The van der Waals surface area contributed by atoms with Gasteiger partial charge in [-0.3, -0.25) is 4.79 Å². The van der Waals surface area contributed by atoms with Crippen molar-refractivity contribution in [2.45, 2.75) is 20.1 Å². The van der Waals surface area contributed by atoms with Gasteiger partial charge in [0.05, 0.1) is 26.2 Å². The largest absolute Gasteiger partial charge is 0.482 e. The predicted molar refractivity (Wildman–Crippen MR) is 114 cm³/mol. The number of piperazine rings is 1. The molecule has 0 radical (unpaired) electrons. The molecule has 1 aliphatic heterocycles. The number of nitrogens with one attached hydrogen (secondary N) is 1. The predicted octanol–water partition coefficient (Wildman–Crippen LogP) is 2.43. The Balaban J connectivity index is 1.31. The molecule has 1 N–H and O–H groups in total. The first-order valence-electron chi connectivity index (χ1n) is 10.1. The van der Waals surface area contributed by atoms with Crippen LogP contribution in [0.3, 0.4) is 0 Å². The number of rotatable bonds is 6. The maximum absolute atomic E-state index is 12.4. The summed E-state index contributed by atoms with van der Waals surface area (Å²) in [5.41, 5.74) is 3.35. The van der Waals surface area contributed by atoms with Gasteiger partial charge in [-0.2, -0.15) is 0 Å². The highest BCUT2D eigenvalue weighted by molar-refractivity contribution is 5.46. The van der Waals surface area contributed by atoms with Crippen molar-refractivity contribution in [2.75, 3.05) is 31.1 Å². The second kappa shape index (κ2) is 8.97. The number of nitrogens with zero attached hydrogens (tertiary/aromatic N) is 1. The molecule has 1 fully saturated rings. The number of aryl methyl sites for hydroxylation is 1. The van der Waals surface area contributed by atoms with Crippen LogP contribution in [0.15, 0.2) is 76.1 Å². The van der Waals surface area contributed by atoms with E-state index in [0.29, 0.717) is 12.4 Å². The highest BCUT2D eigenvalue weighted by Crippen LogP contribution is 2.13. The first-order chi connectivity index (χ1) is 14.2. The van der Waals surface area contributed by atoms with Gasteiger partial charge in [-0.1, -0.05) is 48.0 Å². The molecule has 2 aromatic carbocycles. The Kier molecular flexibility index (Phi) is 5.96. The molecule has 2 heterocycles. The third-order valence-corrected chi connectivity index (χ3v) is 5.35. The molecule has 1 aliphatic rings. The number of benzene rings is 2. The number of ether oxygens (including phenoxy) is 1. The summed E-state index contributed by atoms with van der Waals surface area (Å²) in [5.74, 6) is 0.972. The van der Waals surface area contributed by atoms with E-state index >= 15 is 0 Å². The van der Waals surface area contributed by atoms with Crippen molar-refractivity contribution < 1.29 is 14.1 Å². The Hall–Kier alpha value is -3.05. The summed E-state index contributed by atoms with van der Waals surface area (Å²) in [6.45, 7) is 7.15. The van der Waals surface area contributed by atoms with E-state index < -0.39 is 0 Å². The first-order valence-corrected chi connectivity index (χ1v) is 10.1. The second-order valence-corrected chi connectivity index (χ2v) is 7.60.